The predicted octanol–water partition coefficient (Wildman–Crippen LogP) is 2.07. The van der Waals surface area contributed by atoms with E-state index in [0.29, 0.717) is 11.3 Å². The molecular formula is C11H16N2OS2. The van der Waals surface area contributed by atoms with Gasteiger partial charge >= 0.3 is 0 Å². The van der Waals surface area contributed by atoms with E-state index in [9.17, 15) is 0 Å². The number of ether oxygens (including phenoxy) is 1. The average Bonchev–Trinajstić information content (AvgIpc) is 2.92. The summed E-state index contributed by atoms with van der Waals surface area (Å²) in [5.74, 6) is 1.21. The highest BCUT2D eigenvalue weighted by Gasteiger charge is 2.50. The molecule has 1 N–H and O–H groups in total. The second-order valence-electron chi connectivity index (χ2n) is 4.41. The second kappa shape index (κ2) is 4.29. The zero-order chi connectivity index (χ0) is 11.0. The maximum Gasteiger partial charge on any atom is 0.100 e. The van der Waals surface area contributed by atoms with Crippen LogP contribution >= 0.6 is 23.3 Å². The van der Waals surface area contributed by atoms with Gasteiger partial charge in [0.25, 0.3) is 0 Å². The molecule has 2 fully saturated rings. The summed E-state index contributed by atoms with van der Waals surface area (Å²) < 4.78 is 10.4. The van der Waals surface area contributed by atoms with E-state index in [2.05, 4.69) is 22.0 Å². The van der Waals surface area contributed by atoms with Crippen LogP contribution in [0.15, 0.2) is 11.6 Å². The number of rotatable bonds is 1. The van der Waals surface area contributed by atoms with Gasteiger partial charge in [0.15, 0.2) is 0 Å². The van der Waals surface area contributed by atoms with E-state index in [1.165, 1.54) is 22.8 Å². The van der Waals surface area contributed by atoms with Crippen molar-refractivity contribution < 1.29 is 4.74 Å². The number of aromatic nitrogens is 1. The Bertz CT molecular complexity index is 357. The van der Waals surface area contributed by atoms with Crippen molar-refractivity contribution >= 4 is 23.3 Å². The van der Waals surface area contributed by atoms with Crippen LogP contribution in [0.3, 0.4) is 0 Å². The number of hydrogen-bond acceptors (Lipinski definition) is 5. The molecule has 0 amide bonds. The van der Waals surface area contributed by atoms with E-state index in [0.717, 1.165) is 19.6 Å². The molecule has 88 valence electrons. The number of morpholine rings is 1. The zero-order valence-corrected chi connectivity index (χ0v) is 10.9. The third kappa shape index (κ3) is 1.61. The first kappa shape index (κ1) is 11.0. The summed E-state index contributed by atoms with van der Waals surface area (Å²) in [5.41, 5.74) is 1.28. The van der Waals surface area contributed by atoms with Gasteiger partial charge in [-0.25, -0.2) is 4.37 Å². The standard InChI is InChI=1S/C11H16N2OS2/c1-8-11(2-5-15-8)10(12-3-4-14-11)9-6-13-16-7-9/h6-8,10,12H,2-5H2,1H3. The monoisotopic (exact) mass is 256 g/mol. The second-order valence-corrected chi connectivity index (χ2v) is 6.52. The fourth-order valence-corrected chi connectivity index (χ4v) is 4.72. The number of hydrogen-bond donors (Lipinski definition) is 1. The van der Waals surface area contributed by atoms with Gasteiger partial charge in [-0.15, -0.1) is 0 Å². The minimum Gasteiger partial charge on any atom is -0.371 e. The predicted molar refractivity (Wildman–Crippen MR) is 68.1 cm³/mol. The van der Waals surface area contributed by atoms with Crippen molar-refractivity contribution in [2.75, 3.05) is 18.9 Å². The Hall–Kier alpha value is -0.100. The van der Waals surface area contributed by atoms with Crippen molar-refractivity contribution in [1.29, 1.82) is 0 Å². The van der Waals surface area contributed by atoms with Gasteiger partial charge in [0, 0.05) is 28.9 Å². The third-order valence-electron chi connectivity index (χ3n) is 3.64. The van der Waals surface area contributed by atoms with E-state index in [4.69, 9.17) is 4.74 Å². The Morgan fingerprint density at radius 3 is 3.25 bits per heavy atom. The van der Waals surface area contributed by atoms with Crippen LogP contribution in [-0.2, 0) is 4.74 Å². The fourth-order valence-electron chi connectivity index (χ4n) is 2.76. The molecule has 3 heterocycles. The van der Waals surface area contributed by atoms with Crippen LogP contribution in [0.5, 0.6) is 0 Å². The summed E-state index contributed by atoms with van der Waals surface area (Å²) in [6.45, 7) is 4.07. The molecular weight excluding hydrogens is 240 g/mol. The first-order chi connectivity index (χ1) is 7.83. The highest BCUT2D eigenvalue weighted by Crippen LogP contribution is 2.47. The van der Waals surface area contributed by atoms with Crippen LogP contribution < -0.4 is 5.32 Å². The largest absolute Gasteiger partial charge is 0.371 e. The first-order valence-corrected chi connectivity index (χ1v) is 7.60. The van der Waals surface area contributed by atoms with Crippen molar-refractivity contribution in [3.05, 3.63) is 17.1 Å². The maximum absolute atomic E-state index is 6.17. The normalized spacial score (nSPS) is 39.3. The molecule has 5 heteroatoms. The molecule has 2 saturated heterocycles. The van der Waals surface area contributed by atoms with Crippen molar-refractivity contribution in [2.45, 2.75) is 30.2 Å². The molecule has 3 nitrogen and oxygen atoms in total. The summed E-state index contributed by atoms with van der Waals surface area (Å²) in [4.78, 5) is 0. The van der Waals surface area contributed by atoms with E-state index in [1.807, 2.05) is 18.0 Å². The summed E-state index contributed by atoms with van der Waals surface area (Å²) in [6, 6.07) is 0.324. The van der Waals surface area contributed by atoms with Crippen molar-refractivity contribution in [3.63, 3.8) is 0 Å². The van der Waals surface area contributed by atoms with Crippen LogP contribution in [0.4, 0.5) is 0 Å². The molecule has 16 heavy (non-hydrogen) atoms. The molecule has 0 bridgehead atoms. The molecule has 1 spiro atoms. The molecule has 0 aromatic carbocycles. The molecule has 0 aliphatic carbocycles. The van der Waals surface area contributed by atoms with E-state index >= 15 is 0 Å². The van der Waals surface area contributed by atoms with Gasteiger partial charge in [0.1, 0.15) is 5.60 Å². The lowest BCUT2D eigenvalue weighted by atomic mass is 9.84. The molecule has 2 aliphatic rings. The molecule has 3 atom stereocenters. The minimum absolute atomic E-state index is 0.00826. The smallest absolute Gasteiger partial charge is 0.100 e. The Morgan fingerprint density at radius 1 is 1.62 bits per heavy atom. The van der Waals surface area contributed by atoms with Crippen molar-refractivity contribution in [3.8, 4) is 0 Å². The van der Waals surface area contributed by atoms with Crippen molar-refractivity contribution in [1.82, 2.24) is 9.69 Å². The Labute approximate surface area is 104 Å². The highest BCUT2D eigenvalue weighted by atomic mass is 32.2. The topological polar surface area (TPSA) is 34.1 Å². The van der Waals surface area contributed by atoms with Gasteiger partial charge in [-0.3, -0.25) is 0 Å². The number of nitrogens with one attached hydrogen (secondary N) is 1. The summed E-state index contributed by atoms with van der Waals surface area (Å²) in [7, 11) is 0. The SMILES string of the molecule is CC1SCCC12OCCNC2c1cnsc1. The van der Waals surface area contributed by atoms with Crippen LogP contribution in [0.25, 0.3) is 0 Å². The lowest BCUT2D eigenvalue weighted by Gasteiger charge is -2.44. The minimum atomic E-state index is -0.00826. The molecule has 1 aromatic rings. The van der Waals surface area contributed by atoms with Gasteiger partial charge in [0.2, 0.25) is 0 Å². The maximum atomic E-state index is 6.17. The number of thioether (sulfide) groups is 1. The summed E-state index contributed by atoms with van der Waals surface area (Å²) in [6.07, 6.45) is 3.13. The Morgan fingerprint density at radius 2 is 2.56 bits per heavy atom. The molecule has 3 rings (SSSR count). The van der Waals surface area contributed by atoms with Crippen LogP contribution in [-0.4, -0.2) is 34.1 Å². The highest BCUT2D eigenvalue weighted by molar-refractivity contribution is 8.00. The number of nitrogens with zero attached hydrogens (tertiary/aromatic N) is 1. The molecule has 3 unspecified atom stereocenters. The molecule has 0 radical (unpaired) electrons. The van der Waals surface area contributed by atoms with Crippen LogP contribution in [0.1, 0.15) is 24.9 Å². The van der Waals surface area contributed by atoms with E-state index in [1.54, 1.807) is 0 Å². The van der Waals surface area contributed by atoms with E-state index in [-0.39, 0.29) is 5.60 Å². The molecule has 1 aromatic heterocycles. The van der Waals surface area contributed by atoms with Crippen LogP contribution in [0, 0.1) is 0 Å². The summed E-state index contributed by atoms with van der Waals surface area (Å²) in [5, 5.41) is 6.32. The molecule has 2 aliphatic heterocycles. The summed E-state index contributed by atoms with van der Waals surface area (Å²) >= 11 is 3.55. The lowest BCUT2D eigenvalue weighted by molar-refractivity contribution is -0.0939. The fraction of sp³-hybridized carbons (Fsp3) is 0.727. The lowest BCUT2D eigenvalue weighted by Crippen LogP contribution is -2.55. The van der Waals surface area contributed by atoms with Gasteiger partial charge in [-0.1, -0.05) is 6.92 Å². The van der Waals surface area contributed by atoms with Gasteiger partial charge < -0.3 is 10.1 Å². The van der Waals surface area contributed by atoms with Gasteiger partial charge in [0.05, 0.1) is 12.6 Å². The Kier molecular flexibility index (Phi) is 2.96. The van der Waals surface area contributed by atoms with Gasteiger partial charge in [-0.05, 0) is 23.7 Å². The van der Waals surface area contributed by atoms with Gasteiger partial charge in [-0.2, -0.15) is 11.8 Å². The van der Waals surface area contributed by atoms with Crippen LogP contribution in [0.2, 0.25) is 0 Å². The van der Waals surface area contributed by atoms with E-state index < -0.39 is 0 Å². The third-order valence-corrected chi connectivity index (χ3v) is 5.59. The quantitative estimate of drug-likeness (QED) is 0.834. The first-order valence-electron chi connectivity index (χ1n) is 5.71. The van der Waals surface area contributed by atoms with Crippen molar-refractivity contribution in [2.24, 2.45) is 0 Å². The zero-order valence-electron chi connectivity index (χ0n) is 9.31. The Balaban J connectivity index is 1.95. The molecule has 0 saturated carbocycles. The average molecular weight is 256 g/mol.